The number of nitrogens with zero attached hydrogens (tertiary/aromatic N) is 2. The van der Waals surface area contributed by atoms with Gasteiger partial charge in [0.2, 0.25) is 0 Å². The highest BCUT2D eigenvalue weighted by atomic mass is 19.1. The van der Waals surface area contributed by atoms with E-state index in [0.717, 1.165) is 37.3 Å². The van der Waals surface area contributed by atoms with Crippen molar-refractivity contribution in [3.63, 3.8) is 0 Å². The third-order valence-electron chi connectivity index (χ3n) is 3.30. The summed E-state index contributed by atoms with van der Waals surface area (Å²) in [5, 5.41) is 8.03. The first-order valence-corrected chi connectivity index (χ1v) is 5.92. The summed E-state index contributed by atoms with van der Waals surface area (Å²) < 4.78 is 13.1. The Morgan fingerprint density at radius 3 is 2.94 bits per heavy atom. The van der Waals surface area contributed by atoms with Crippen LogP contribution in [0.3, 0.4) is 0 Å². The lowest BCUT2D eigenvalue weighted by Gasteiger charge is -2.21. The van der Waals surface area contributed by atoms with Gasteiger partial charge in [-0.15, -0.1) is 0 Å². The highest BCUT2D eigenvalue weighted by Crippen LogP contribution is 2.23. The minimum absolute atomic E-state index is 0.263. The van der Waals surface area contributed by atoms with E-state index in [1.807, 2.05) is 4.90 Å². The fourth-order valence-corrected chi connectivity index (χ4v) is 2.00. The van der Waals surface area contributed by atoms with Crippen molar-refractivity contribution in [3.05, 3.63) is 35.1 Å². The number of hydrogen-bond donors (Lipinski definition) is 1. The van der Waals surface area contributed by atoms with E-state index in [0.29, 0.717) is 5.84 Å². The van der Waals surface area contributed by atoms with Crippen LogP contribution in [0.4, 0.5) is 4.39 Å². The van der Waals surface area contributed by atoms with E-state index in [4.69, 9.17) is 5.41 Å². The average molecular weight is 235 g/mol. The minimum Gasteiger partial charge on any atom is -0.351 e. The molecule has 1 aliphatic heterocycles. The molecule has 1 aromatic rings. The summed E-state index contributed by atoms with van der Waals surface area (Å²) in [6.45, 7) is 5.59. The molecule has 0 saturated carbocycles. The van der Waals surface area contributed by atoms with Crippen LogP contribution in [-0.4, -0.2) is 42.3 Å². The number of likely N-dealkylation sites (N-methyl/N-ethyl adjacent to an activating group) is 1. The summed E-state index contributed by atoms with van der Waals surface area (Å²) in [6.07, 6.45) is 0. The zero-order valence-electron chi connectivity index (χ0n) is 10.3. The van der Waals surface area contributed by atoms with Gasteiger partial charge >= 0.3 is 0 Å². The van der Waals surface area contributed by atoms with Crippen LogP contribution < -0.4 is 0 Å². The van der Waals surface area contributed by atoms with Crippen molar-refractivity contribution in [2.45, 2.75) is 13.5 Å². The van der Waals surface area contributed by atoms with Crippen molar-refractivity contribution in [1.29, 1.82) is 5.41 Å². The normalized spacial score (nSPS) is 14.6. The zero-order chi connectivity index (χ0) is 12.4. The van der Waals surface area contributed by atoms with E-state index in [9.17, 15) is 4.39 Å². The summed E-state index contributed by atoms with van der Waals surface area (Å²) in [5.74, 6) is 0.185. The molecule has 0 amide bonds. The molecule has 92 valence electrons. The van der Waals surface area contributed by atoms with E-state index < -0.39 is 0 Å². The summed E-state index contributed by atoms with van der Waals surface area (Å²) in [5.41, 5.74) is 1.79. The number of halogens is 1. The number of hydrogen-bond acceptors (Lipinski definition) is 2. The van der Waals surface area contributed by atoms with Gasteiger partial charge in [0, 0.05) is 25.2 Å². The molecular formula is C13H18FN3. The van der Waals surface area contributed by atoms with E-state index in [1.165, 1.54) is 12.1 Å². The lowest BCUT2D eigenvalue weighted by Crippen LogP contribution is -2.33. The van der Waals surface area contributed by atoms with Crippen LogP contribution in [0.15, 0.2) is 18.2 Å². The Morgan fingerprint density at radius 1 is 1.47 bits per heavy atom. The lowest BCUT2D eigenvalue weighted by atomic mass is 10.1. The predicted molar refractivity (Wildman–Crippen MR) is 66.8 cm³/mol. The minimum atomic E-state index is -0.263. The molecule has 0 fully saturated rings. The molecule has 0 saturated heterocycles. The number of amidine groups is 1. The van der Waals surface area contributed by atoms with Crippen molar-refractivity contribution >= 4 is 5.84 Å². The molecule has 1 aromatic carbocycles. The largest absolute Gasteiger partial charge is 0.351 e. The first-order valence-electron chi connectivity index (χ1n) is 5.92. The maximum absolute atomic E-state index is 13.1. The smallest absolute Gasteiger partial charge is 0.128 e. The molecule has 0 bridgehead atoms. The first-order chi connectivity index (χ1) is 8.11. The number of fused-ring (bicyclic) bond motifs is 1. The Labute approximate surface area is 101 Å². The molecular weight excluding hydrogens is 217 g/mol. The van der Waals surface area contributed by atoms with Crippen LogP contribution in [0.5, 0.6) is 0 Å². The molecule has 0 spiro atoms. The lowest BCUT2D eigenvalue weighted by molar-refractivity contribution is 0.301. The molecule has 0 atom stereocenters. The van der Waals surface area contributed by atoms with Gasteiger partial charge in [0.05, 0.1) is 0 Å². The molecule has 1 aliphatic rings. The third kappa shape index (κ3) is 2.47. The molecule has 0 aromatic heterocycles. The summed E-state index contributed by atoms with van der Waals surface area (Å²) in [4.78, 5) is 4.20. The quantitative estimate of drug-likeness (QED) is 0.864. The van der Waals surface area contributed by atoms with Crippen molar-refractivity contribution < 1.29 is 4.39 Å². The maximum Gasteiger partial charge on any atom is 0.128 e. The molecule has 0 unspecified atom stereocenters. The summed E-state index contributed by atoms with van der Waals surface area (Å²) >= 11 is 0. The summed E-state index contributed by atoms with van der Waals surface area (Å²) in [7, 11) is 2.06. The van der Waals surface area contributed by atoms with Gasteiger partial charge < -0.3 is 9.80 Å². The standard InChI is InChI=1S/C13H18FN3/c1-3-16(2)6-7-17-9-10-4-5-11(14)8-12(10)13(17)15/h4-5,8,15H,3,6-7,9H2,1-2H3. The molecule has 1 N–H and O–H groups in total. The second-order valence-electron chi connectivity index (χ2n) is 4.47. The highest BCUT2D eigenvalue weighted by molar-refractivity contribution is 6.00. The van der Waals surface area contributed by atoms with Gasteiger partial charge in [-0.05, 0) is 31.3 Å². The molecule has 0 aliphatic carbocycles. The van der Waals surface area contributed by atoms with Crippen molar-refractivity contribution in [2.75, 3.05) is 26.7 Å². The maximum atomic E-state index is 13.1. The Balaban J connectivity index is 2.04. The van der Waals surface area contributed by atoms with Crippen LogP contribution in [0, 0.1) is 11.2 Å². The Morgan fingerprint density at radius 2 is 2.24 bits per heavy atom. The van der Waals surface area contributed by atoms with Crippen molar-refractivity contribution in [2.24, 2.45) is 0 Å². The van der Waals surface area contributed by atoms with E-state index in [-0.39, 0.29) is 5.82 Å². The Kier molecular flexibility index (Phi) is 3.43. The van der Waals surface area contributed by atoms with Crippen LogP contribution in [-0.2, 0) is 6.54 Å². The molecule has 4 heteroatoms. The molecule has 3 nitrogen and oxygen atoms in total. The Bertz CT molecular complexity index is 431. The molecule has 2 rings (SSSR count). The second-order valence-corrected chi connectivity index (χ2v) is 4.47. The topological polar surface area (TPSA) is 30.3 Å². The van der Waals surface area contributed by atoms with E-state index >= 15 is 0 Å². The first kappa shape index (κ1) is 12.0. The van der Waals surface area contributed by atoms with Gasteiger partial charge in [-0.25, -0.2) is 4.39 Å². The van der Waals surface area contributed by atoms with E-state index in [1.54, 1.807) is 6.07 Å². The van der Waals surface area contributed by atoms with Gasteiger partial charge in [-0.2, -0.15) is 0 Å². The van der Waals surface area contributed by atoms with Gasteiger partial charge in [0.25, 0.3) is 0 Å². The third-order valence-corrected chi connectivity index (χ3v) is 3.30. The predicted octanol–water partition coefficient (Wildman–Crippen LogP) is 1.92. The monoisotopic (exact) mass is 235 g/mol. The molecule has 0 radical (unpaired) electrons. The number of nitrogens with one attached hydrogen (secondary N) is 1. The molecule has 17 heavy (non-hydrogen) atoms. The van der Waals surface area contributed by atoms with Crippen LogP contribution in [0.25, 0.3) is 0 Å². The van der Waals surface area contributed by atoms with Crippen molar-refractivity contribution in [3.8, 4) is 0 Å². The van der Waals surface area contributed by atoms with Crippen LogP contribution in [0.2, 0.25) is 0 Å². The van der Waals surface area contributed by atoms with Gasteiger partial charge in [0.1, 0.15) is 11.7 Å². The molecule has 1 heterocycles. The van der Waals surface area contributed by atoms with Gasteiger partial charge in [0.15, 0.2) is 0 Å². The zero-order valence-corrected chi connectivity index (χ0v) is 10.3. The second kappa shape index (κ2) is 4.84. The highest BCUT2D eigenvalue weighted by Gasteiger charge is 2.24. The average Bonchev–Trinajstić information content (AvgIpc) is 2.63. The number of benzene rings is 1. The Hall–Kier alpha value is -1.42. The van der Waals surface area contributed by atoms with Crippen LogP contribution in [0.1, 0.15) is 18.1 Å². The fourth-order valence-electron chi connectivity index (χ4n) is 2.00. The van der Waals surface area contributed by atoms with Crippen molar-refractivity contribution in [1.82, 2.24) is 9.80 Å². The number of rotatable bonds is 4. The SMILES string of the molecule is CCN(C)CCN1Cc2ccc(F)cc2C1=N. The fraction of sp³-hybridized carbons (Fsp3) is 0.462. The van der Waals surface area contributed by atoms with Gasteiger partial charge in [-0.1, -0.05) is 13.0 Å². The van der Waals surface area contributed by atoms with E-state index in [2.05, 4.69) is 18.9 Å². The van der Waals surface area contributed by atoms with Gasteiger partial charge in [-0.3, -0.25) is 5.41 Å². The van der Waals surface area contributed by atoms with Crippen LogP contribution >= 0.6 is 0 Å². The summed E-state index contributed by atoms with van der Waals surface area (Å²) in [6, 6.07) is 4.71.